The summed E-state index contributed by atoms with van der Waals surface area (Å²) in [6.07, 6.45) is 0.487. The molecule has 19 heavy (non-hydrogen) atoms. The Morgan fingerprint density at radius 3 is 2.63 bits per heavy atom. The first-order valence-electron chi connectivity index (χ1n) is 6.92. The minimum Gasteiger partial charge on any atom is -0.369 e. The number of hydrogen-bond acceptors (Lipinski definition) is 2. The smallest absolute Gasteiger partial charge is 0.223 e. The van der Waals surface area contributed by atoms with E-state index in [1.807, 2.05) is 0 Å². The fourth-order valence-electron chi connectivity index (χ4n) is 2.63. The molecule has 0 saturated carbocycles. The molecule has 1 aliphatic rings. The van der Waals surface area contributed by atoms with E-state index in [1.54, 1.807) is 0 Å². The second-order valence-corrected chi connectivity index (χ2v) is 5.83. The van der Waals surface area contributed by atoms with Crippen molar-refractivity contribution in [1.29, 1.82) is 0 Å². The van der Waals surface area contributed by atoms with Gasteiger partial charge in [0.15, 0.2) is 0 Å². The Morgan fingerprint density at radius 2 is 2.05 bits per heavy atom. The van der Waals surface area contributed by atoms with Gasteiger partial charge in [-0.1, -0.05) is 12.1 Å². The van der Waals surface area contributed by atoms with Gasteiger partial charge >= 0.3 is 0 Å². The van der Waals surface area contributed by atoms with E-state index in [-0.39, 0.29) is 5.91 Å². The van der Waals surface area contributed by atoms with Crippen LogP contribution in [0, 0.1) is 6.92 Å². The van der Waals surface area contributed by atoms with Gasteiger partial charge in [0.2, 0.25) is 5.91 Å². The van der Waals surface area contributed by atoms with Crippen molar-refractivity contribution >= 4 is 11.6 Å². The summed E-state index contributed by atoms with van der Waals surface area (Å²) in [5, 5.41) is 0. The first-order chi connectivity index (χ1) is 8.98. The second kappa shape index (κ2) is 5.61. The van der Waals surface area contributed by atoms with Crippen molar-refractivity contribution in [2.24, 2.45) is 5.73 Å². The van der Waals surface area contributed by atoms with E-state index in [2.05, 4.69) is 43.1 Å². The molecule has 0 radical (unpaired) electrons. The van der Waals surface area contributed by atoms with Gasteiger partial charge in [0.1, 0.15) is 0 Å². The van der Waals surface area contributed by atoms with E-state index in [4.69, 9.17) is 5.73 Å². The molecule has 4 nitrogen and oxygen atoms in total. The summed E-state index contributed by atoms with van der Waals surface area (Å²) >= 11 is 0. The first kappa shape index (κ1) is 13.9. The number of hydrogen-bond donors (Lipinski definition) is 1. The van der Waals surface area contributed by atoms with E-state index in [0.29, 0.717) is 6.42 Å². The number of carbonyl (C=O) groups is 1. The normalized spacial score (nSPS) is 18.3. The van der Waals surface area contributed by atoms with Gasteiger partial charge in [-0.15, -0.1) is 0 Å². The largest absolute Gasteiger partial charge is 0.369 e. The van der Waals surface area contributed by atoms with E-state index in [0.717, 1.165) is 37.2 Å². The van der Waals surface area contributed by atoms with E-state index in [1.165, 1.54) is 11.3 Å². The molecule has 2 rings (SSSR count). The Balaban J connectivity index is 1.93. The maximum absolute atomic E-state index is 10.9. The molecule has 1 amide bonds. The highest BCUT2D eigenvalue weighted by atomic mass is 16.1. The van der Waals surface area contributed by atoms with Crippen LogP contribution < -0.4 is 10.6 Å². The molecular weight excluding hydrogens is 238 g/mol. The molecule has 1 heterocycles. The highest BCUT2D eigenvalue weighted by Gasteiger charge is 2.28. The molecule has 0 bridgehead atoms. The number of carbonyl (C=O) groups excluding carboxylic acids is 1. The summed E-state index contributed by atoms with van der Waals surface area (Å²) in [4.78, 5) is 13.3. The lowest BCUT2D eigenvalue weighted by Crippen LogP contribution is -2.58. The molecule has 0 unspecified atom stereocenters. The highest BCUT2D eigenvalue weighted by molar-refractivity contribution is 5.73. The van der Waals surface area contributed by atoms with Crippen LogP contribution in [-0.2, 0) is 4.79 Å². The standard InChI is InChI=1S/C15H23N3O/c1-13-4-3-5-14(12-13)17-7-10-18(2,11-8-17)9-6-15(16)19/h3-5,12H,6-11H2,1-2H3,(H-,16,19)/p+1. The van der Waals surface area contributed by atoms with Gasteiger partial charge in [-0.3, -0.25) is 4.79 Å². The summed E-state index contributed by atoms with van der Waals surface area (Å²) in [7, 11) is 2.22. The topological polar surface area (TPSA) is 46.3 Å². The van der Waals surface area contributed by atoms with Crippen LogP contribution in [0.15, 0.2) is 24.3 Å². The average molecular weight is 262 g/mol. The fourth-order valence-corrected chi connectivity index (χ4v) is 2.63. The molecule has 1 aliphatic heterocycles. The van der Waals surface area contributed by atoms with Crippen molar-refractivity contribution in [3.05, 3.63) is 29.8 Å². The first-order valence-corrected chi connectivity index (χ1v) is 6.92. The number of likely N-dealkylation sites (N-methyl/N-ethyl adjacent to an activating group) is 1. The zero-order valence-corrected chi connectivity index (χ0v) is 11.9. The number of piperazine rings is 1. The molecular formula is C15H24N3O+. The van der Waals surface area contributed by atoms with Gasteiger partial charge in [-0.2, -0.15) is 0 Å². The number of aryl methyl sites for hydroxylation is 1. The molecule has 1 fully saturated rings. The molecule has 4 heteroatoms. The van der Waals surface area contributed by atoms with Gasteiger partial charge in [0.25, 0.3) is 0 Å². The summed E-state index contributed by atoms with van der Waals surface area (Å²) in [5.41, 5.74) is 7.85. The quantitative estimate of drug-likeness (QED) is 0.827. The predicted octanol–water partition coefficient (Wildman–Crippen LogP) is 1.14. The lowest BCUT2D eigenvalue weighted by Gasteiger charge is -2.42. The maximum atomic E-state index is 10.9. The Kier molecular flexibility index (Phi) is 4.10. The zero-order valence-electron chi connectivity index (χ0n) is 11.9. The Bertz CT molecular complexity index is 450. The summed E-state index contributed by atoms with van der Waals surface area (Å²) < 4.78 is 0.950. The number of rotatable bonds is 4. The molecule has 1 aromatic carbocycles. The van der Waals surface area contributed by atoms with Gasteiger partial charge in [0.05, 0.1) is 46.2 Å². The molecule has 0 aromatic heterocycles. The highest BCUT2D eigenvalue weighted by Crippen LogP contribution is 2.20. The third-order valence-electron chi connectivity index (χ3n) is 4.08. The third kappa shape index (κ3) is 3.70. The molecule has 0 spiro atoms. The van der Waals surface area contributed by atoms with Gasteiger partial charge in [-0.25, -0.2) is 0 Å². The predicted molar refractivity (Wildman–Crippen MR) is 78.0 cm³/mol. The summed E-state index contributed by atoms with van der Waals surface area (Å²) in [5.74, 6) is -0.194. The van der Waals surface area contributed by atoms with Crippen molar-refractivity contribution in [2.45, 2.75) is 13.3 Å². The van der Waals surface area contributed by atoms with Crippen LogP contribution in [0.5, 0.6) is 0 Å². The number of anilines is 1. The van der Waals surface area contributed by atoms with E-state index in [9.17, 15) is 4.79 Å². The van der Waals surface area contributed by atoms with Gasteiger partial charge < -0.3 is 15.1 Å². The van der Waals surface area contributed by atoms with Crippen LogP contribution in [0.2, 0.25) is 0 Å². The number of benzene rings is 1. The van der Waals surface area contributed by atoms with Crippen LogP contribution in [-0.4, -0.2) is 50.2 Å². The number of quaternary nitrogens is 1. The lowest BCUT2D eigenvalue weighted by atomic mass is 10.1. The molecule has 1 saturated heterocycles. The number of amides is 1. The van der Waals surface area contributed by atoms with Crippen LogP contribution in [0.3, 0.4) is 0 Å². The van der Waals surface area contributed by atoms with E-state index < -0.39 is 0 Å². The van der Waals surface area contributed by atoms with Crippen LogP contribution >= 0.6 is 0 Å². The van der Waals surface area contributed by atoms with Crippen molar-refractivity contribution in [3.63, 3.8) is 0 Å². The Morgan fingerprint density at radius 1 is 1.37 bits per heavy atom. The average Bonchev–Trinajstić information content (AvgIpc) is 2.37. The molecule has 1 aromatic rings. The van der Waals surface area contributed by atoms with Gasteiger partial charge in [-0.05, 0) is 24.6 Å². The Labute approximate surface area is 115 Å². The molecule has 2 N–H and O–H groups in total. The zero-order chi connectivity index (χ0) is 13.9. The van der Waals surface area contributed by atoms with Crippen molar-refractivity contribution in [2.75, 3.05) is 44.7 Å². The van der Waals surface area contributed by atoms with Crippen LogP contribution in [0.25, 0.3) is 0 Å². The fraction of sp³-hybridized carbons (Fsp3) is 0.533. The number of primary amides is 1. The summed E-state index contributed by atoms with van der Waals surface area (Å²) in [6, 6.07) is 8.64. The molecule has 0 atom stereocenters. The monoisotopic (exact) mass is 262 g/mol. The maximum Gasteiger partial charge on any atom is 0.223 e. The molecule has 0 aliphatic carbocycles. The van der Waals surface area contributed by atoms with Crippen molar-refractivity contribution < 1.29 is 9.28 Å². The lowest BCUT2D eigenvalue weighted by molar-refractivity contribution is -0.909. The minimum atomic E-state index is -0.194. The second-order valence-electron chi connectivity index (χ2n) is 5.83. The molecule has 104 valence electrons. The van der Waals surface area contributed by atoms with Crippen molar-refractivity contribution in [1.82, 2.24) is 0 Å². The van der Waals surface area contributed by atoms with Crippen molar-refractivity contribution in [3.8, 4) is 0 Å². The van der Waals surface area contributed by atoms with Gasteiger partial charge in [0, 0.05) is 5.69 Å². The number of nitrogens with two attached hydrogens (primary N) is 1. The third-order valence-corrected chi connectivity index (χ3v) is 4.08. The minimum absolute atomic E-state index is 0.194. The SMILES string of the molecule is Cc1cccc(N2CC[N+](C)(CCC(N)=O)CC2)c1. The number of nitrogens with zero attached hydrogens (tertiary/aromatic N) is 2. The van der Waals surface area contributed by atoms with Crippen LogP contribution in [0.1, 0.15) is 12.0 Å². The van der Waals surface area contributed by atoms with E-state index >= 15 is 0 Å². The summed E-state index contributed by atoms with van der Waals surface area (Å²) in [6.45, 7) is 7.21. The Hall–Kier alpha value is -1.55. The van der Waals surface area contributed by atoms with Crippen LogP contribution in [0.4, 0.5) is 5.69 Å².